The Bertz CT molecular complexity index is 1060. The summed E-state index contributed by atoms with van der Waals surface area (Å²) in [5.41, 5.74) is 1.25. The number of benzene rings is 2. The zero-order valence-corrected chi connectivity index (χ0v) is 17.0. The van der Waals surface area contributed by atoms with Gasteiger partial charge in [-0.3, -0.25) is 4.79 Å². The fourth-order valence-electron chi connectivity index (χ4n) is 3.39. The van der Waals surface area contributed by atoms with Crippen LogP contribution < -0.4 is 4.72 Å². The lowest BCUT2D eigenvalue weighted by atomic mass is 9.96. The molecular weight excluding hydrogens is 405 g/mol. The molecule has 0 fully saturated rings. The maximum absolute atomic E-state index is 13.2. The summed E-state index contributed by atoms with van der Waals surface area (Å²) in [6.07, 6.45) is -4.45. The molecule has 0 saturated heterocycles. The third kappa shape index (κ3) is 4.16. The van der Waals surface area contributed by atoms with Crippen molar-refractivity contribution in [3.63, 3.8) is 0 Å². The summed E-state index contributed by atoms with van der Waals surface area (Å²) >= 11 is 0. The van der Waals surface area contributed by atoms with Crippen LogP contribution >= 0.6 is 0 Å². The molecule has 0 saturated carbocycles. The van der Waals surface area contributed by atoms with Gasteiger partial charge in [0, 0.05) is 18.7 Å². The van der Waals surface area contributed by atoms with Gasteiger partial charge < -0.3 is 4.90 Å². The van der Waals surface area contributed by atoms with Crippen LogP contribution in [0.4, 0.5) is 13.2 Å². The molecule has 0 bridgehead atoms. The van der Waals surface area contributed by atoms with E-state index in [1.54, 1.807) is 6.07 Å². The highest BCUT2D eigenvalue weighted by molar-refractivity contribution is 7.89. The van der Waals surface area contributed by atoms with Crippen LogP contribution in [0.1, 0.15) is 52.4 Å². The van der Waals surface area contributed by atoms with Crippen LogP contribution in [0, 0.1) is 0 Å². The minimum absolute atomic E-state index is 0.0381. The van der Waals surface area contributed by atoms with Gasteiger partial charge in [0.15, 0.2) is 0 Å². The molecule has 2 aromatic rings. The fraction of sp³-hybridized carbons (Fsp3) is 0.350. The average Bonchev–Trinajstić information content (AvgIpc) is 3.09. The number of alkyl halides is 3. The maximum Gasteiger partial charge on any atom is 0.416 e. The average molecular weight is 426 g/mol. The Balaban J connectivity index is 1.97. The number of sulfonamides is 1. The van der Waals surface area contributed by atoms with Crippen LogP contribution in [-0.2, 0) is 29.3 Å². The van der Waals surface area contributed by atoms with Crippen LogP contribution in [0.3, 0.4) is 0 Å². The van der Waals surface area contributed by atoms with Gasteiger partial charge in [0.25, 0.3) is 5.91 Å². The van der Waals surface area contributed by atoms with Gasteiger partial charge in [-0.05, 0) is 53.9 Å². The number of nitrogens with one attached hydrogen (secondary N) is 1. The van der Waals surface area contributed by atoms with Crippen molar-refractivity contribution >= 4 is 15.9 Å². The SMILES string of the molecule is CNS(=O)(=O)c1ccc(C(C)C)c(C(=O)N2Cc3ccc(C(F)(F)F)cc3C2)c1. The predicted molar refractivity (Wildman–Crippen MR) is 102 cm³/mol. The molecule has 29 heavy (non-hydrogen) atoms. The van der Waals surface area contributed by atoms with E-state index >= 15 is 0 Å². The molecule has 9 heteroatoms. The molecule has 3 rings (SSSR count). The lowest BCUT2D eigenvalue weighted by Crippen LogP contribution is -2.27. The number of carbonyl (C=O) groups excluding carboxylic acids is 1. The third-order valence-electron chi connectivity index (χ3n) is 5.00. The number of fused-ring (bicyclic) bond motifs is 1. The largest absolute Gasteiger partial charge is 0.416 e. The van der Waals surface area contributed by atoms with Gasteiger partial charge in [-0.1, -0.05) is 26.0 Å². The Morgan fingerprint density at radius 3 is 2.31 bits per heavy atom. The second kappa shape index (κ2) is 7.46. The standard InChI is InChI=1S/C20H21F3N2O3S/c1-12(2)17-7-6-16(29(27,28)24-3)9-18(17)19(26)25-10-13-4-5-15(20(21,22)23)8-14(13)11-25/h4-9,12,24H,10-11H2,1-3H3. The topological polar surface area (TPSA) is 66.5 Å². The van der Waals surface area contributed by atoms with E-state index in [9.17, 15) is 26.4 Å². The Morgan fingerprint density at radius 1 is 1.07 bits per heavy atom. The monoisotopic (exact) mass is 426 g/mol. The molecule has 0 aromatic heterocycles. The molecule has 1 aliphatic heterocycles. The number of carbonyl (C=O) groups is 1. The molecule has 0 radical (unpaired) electrons. The van der Waals surface area contributed by atoms with E-state index in [-0.39, 0.29) is 29.5 Å². The van der Waals surface area contributed by atoms with Crippen molar-refractivity contribution in [1.82, 2.24) is 9.62 Å². The van der Waals surface area contributed by atoms with Gasteiger partial charge in [0.05, 0.1) is 10.5 Å². The molecule has 0 spiro atoms. The second-order valence-electron chi connectivity index (χ2n) is 7.25. The van der Waals surface area contributed by atoms with Crippen LogP contribution in [0.2, 0.25) is 0 Å². The van der Waals surface area contributed by atoms with Gasteiger partial charge in [-0.15, -0.1) is 0 Å². The Labute approximate surface area is 167 Å². The predicted octanol–water partition coefficient (Wildman–Crippen LogP) is 3.89. The van der Waals surface area contributed by atoms with Crippen molar-refractivity contribution in [3.8, 4) is 0 Å². The van der Waals surface area contributed by atoms with Gasteiger partial charge in [-0.25, -0.2) is 13.1 Å². The summed E-state index contributed by atoms with van der Waals surface area (Å²) in [5, 5.41) is 0. The first-order valence-electron chi connectivity index (χ1n) is 9.00. The lowest BCUT2D eigenvalue weighted by molar-refractivity contribution is -0.137. The molecule has 0 unspecified atom stereocenters. The Hall–Kier alpha value is -2.39. The highest BCUT2D eigenvalue weighted by atomic mass is 32.2. The summed E-state index contributed by atoms with van der Waals surface area (Å²) in [4.78, 5) is 14.6. The summed E-state index contributed by atoms with van der Waals surface area (Å²) < 4.78 is 65.4. The van der Waals surface area contributed by atoms with Gasteiger partial charge in [0.2, 0.25) is 10.0 Å². The number of hydrogen-bond acceptors (Lipinski definition) is 3. The van der Waals surface area contributed by atoms with Crippen molar-refractivity contribution in [1.29, 1.82) is 0 Å². The number of nitrogens with zero attached hydrogens (tertiary/aromatic N) is 1. The van der Waals surface area contributed by atoms with E-state index in [1.165, 1.54) is 30.1 Å². The fourth-order valence-corrected chi connectivity index (χ4v) is 4.15. The summed E-state index contributed by atoms with van der Waals surface area (Å²) in [6.45, 7) is 3.98. The van der Waals surface area contributed by atoms with E-state index in [0.29, 0.717) is 16.7 Å². The number of amides is 1. The number of rotatable bonds is 4. The zero-order valence-electron chi connectivity index (χ0n) is 16.2. The van der Waals surface area contributed by atoms with Gasteiger partial charge in [0.1, 0.15) is 0 Å². The lowest BCUT2D eigenvalue weighted by Gasteiger charge is -2.20. The number of halogens is 3. The van der Waals surface area contributed by atoms with E-state index in [0.717, 1.165) is 12.1 Å². The molecule has 0 aliphatic carbocycles. The Morgan fingerprint density at radius 2 is 1.72 bits per heavy atom. The highest BCUT2D eigenvalue weighted by Gasteiger charge is 2.33. The molecule has 1 heterocycles. The quantitative estimate of drug-likeness (QED) is 0.807. The molecule has 1 amide bonds. The minimum atomic E-state index is -4.45. The molecular formula is C20H21F3N2O3S. The van der Waals surface area contributed by atoms with Crippen LogP contribution in [0.15, 0.2) is 41.3 Å². The molecule has 1 aliphatic rings. The van der Waals surface area contributed by atoms with Crippen molar-refractivity contribution in [2.24, 2.45) is 0 Å². The normalized spacial score (nSPS) is 14.4. The second-order valence-corrected chi connectivity index (χ2v) is 9.14. The van der Waals surface area contributed by atoms with Crippen molar-refractivity contribution in [2.45, 2.75) is 43.9 Å². The molecule has 5 nitrogen and oxygen atoms in total. The van der Waals surface area contributed by atoms with Crippen LogP contribution in [0.5, 0.6) is 0 Å². The first-order valence-corrected chi connectivity index (χ1v) is 10.5. The third-order valence-corrected chi connectivity index (χ3v) is 6.41. The molecule has 1 N–H and O–H groups in total. The van der Waals surface area contributed by atoms with E-state index in [4.69, 9.17) is 0 Å². The van der Waals surface area contributed by atoms with E-state index in [2.05, 4.69) is 4.72 Å². The first-order chi connectivity index (χ1) is 13.4. The van der Waals surface area contributed by atoms with Crippen molar-refractivity contribution in [2.75, 3.05) is 7.05 Å². The highest BCUT2D eigenvalue weighted by Crippen LogP contribution is 2.34. The number of hydrogen-bond donors (Lipinski definition) is 1. The van der Waals surface area contributed by atoms with E-state index in [1.807, 2.05) is 13.8 Å². The summed E-state index contributed by atoms with van der Waals surface area (Å²) in [7, 11) is -2.46. The Kier molecular flexibility index (Phi) is 5.48. The van der Waals surface area contributed by atoms with Crippen molar-refractivity contribution < 1.29 is 26.4 Å². The summed E-state index contributed by atoms with van der Waals surface area (Å²) in [6, 6.07) is 7.82. The molecule has 0 atom stereocenters. The van der Waals surface area contributed by atoms with Crippen molar-refractivity contribution in [3.05, 3.63) is 64.2 Å². The van der Waals surface area contributed by atoms with Crippen LogP contribution in [-0.4, -0.2) is 26.3 Å². The van der Waals surface area contributed by atoms with E-state index < -0.39 is 27.7 Å². The summed E-state index contributed by atoms with van der Waals surface area (Å²) in [5.74, 6) is -0.450. The minimum Gasteiger partial charge on any atom is -0.330 e. The van der Waals surface area contributed by atoms with Gasteiger partial charge >= 0.3 is 6.18 Å². The molecule has 2 aromatic carbocycles. The van der Waals surface area contributed by atoms with Gasteiger partial charge in [-0.2, -0.15) is 13.2 Å². The molecule has 156 valence electrons. The smallest absolute Gasteiger partial charge is 0.330 e. The van der Waals surface area contributed by atoms with Crippen LogP contribution in [0.25, 0.3) is 0 Å². The maximum atomic E-state index is 13.2. The first kappa shape index (κ1) is 21.3. The zero-order chi connectivity index (χ0) is 21.6.